The largest absolute Gasteiger partial charge is 0.272 e. The van der Waals surface area contributed by atoms with Crippen LogP contribution in [-0.2, 0) is 0 Å². The molecule has 0 aliphatic rings. The highest BCUT2D eigenvalue weighted by Crippen LogP contribution is 2.14. The van der Waals surface area contributed by atoms with Crippen molar-refractivity contribution in [2.45, 2.75) is 19.8 Å². The number of unbranched alkanes of at least 4 members (excludes halogenated alkanes) is 1. The van der Waals surface area contributed by atoms with E-state index in [2.05, 4.69) is 10.5 Å². The number of hydrogen-bond donors (Lipinski definition) is 1. The number of amides is 1. The van der Waals surface area contributed by atoms with Crippen molar-refractivity contribution >= 4 is 23.7 Å². The molecular weight excluding hydrogens is 212 g/mol. The van der Waals surface area contributed by atoms with Crippen LogP contribution in [0.4, 0.5) is 0 Å². The molecule has 0 saturated carbocycles. The van der Waals surface area contributed by atoms with Gasteiger partial charge < -0.3 is 0 Å². The van der Waals surface area contributed by atoms with Crippen LogP contribution in [0.2, 0.25) is 5.02 Å². The monoisotopic (exact) mass is 224 g/mol. The Morgan fingerprint density at radius 2 is 2.27 bits per heavy atom. The van der Waals surface area contributed by atoms with Gasteiger partial charge in [0.05, 0.1) is 10.6 Å². The topological polar surface area (TPSA) is 41.5 Å². The summed E-state index contributed by atoms with van der Waals surface area (Å²) in [5.41, 5.74) is 2.86. The van der Waals surface area contributed by atoms with Crippen molar-refractivity contribution in [1.29, 1.82) is 0 Å². The molecule has 3 nitrogen and oxygen atoms in total. The van der Waals surface area contributed by atoms with Crippen molar-refractivity contribution in [2.24, 2.45) is 5.10 Å². The normalized spacial score (nSPS) is 10.5. The lowest BCUT2D eigenvalue weighted by Crippen LogP contribution is -2.17. The van der Waals surface area contributed by atoms with Crippen LogP contribution >= 0.6 is 11.6 Å². The van der Waals surface area contributed by atoms with Crippen LogP contribution in [0.15, 0.2) is 29.4 Å². The summed E-state index contributed by atoms with van der Waals surface area (Å²) >= 11 is 5.85. The average Bonchev–Trinajstić information content (AvgIpc) is 2.25. The molecule has 80 valence electrons. The number of hydrogen-bond acceptors (Lipinski definition) is 2. The van der Waals surface area contributed by atoms with Gasteiger partial charge >= 0.3 is 0 Å². The first kappa shape index (κ1) is 11.7. The molecule has 0 aliphatic carbocycles. The van der Waals surface area contributed by atoms with E-state index in [4.69, 9.17) is 11.6 Å². The Morgan fingerprint density at radius 3 is 2.93 bits per heavy atom. The first-order valence-corrected chi connectivity index (χ1v) is 5.20. The van der Waals surface area contributed by atoms with Gasteiger partial charge in [-0.1, -0.05) is 37.1 Å². The van der Waals surface area contributed by atoms with Crippen LogP contribution in [0, 0.1) is 0 Å². The van der Waals surface area contributed by atoms with Crippen LogP contribution in [0.25, 0.3) is 0 Å². The van der Waals surface area contributed by atoms with Crippen molar-refractivity contribution in [3.05, 3.63) is 34.9 Å². The number of halogens is 1. The van der Waals surface area contributed by atoms with E-state index < -0.39 is 0 Å². The van der Waals surface area contributed by atoms with Crippen LogP contribution in [0.3, 0.4) is 0 Å². The Labute approximate surface area is 94.1 Å². The Morgan fingerprint density at radius 1 is 1.53 bits per heavy atom. The van der Waals surface area contributed by atoms with Gasteiger partial charge in [-0.2, -0.15) is 5.10 Å². The summed E-state index contributed by atoms with van der Waals surface area (Å²) in [7, 11) is 0. The van der Waals surface area contributed by atoms with Gasteiger partial charge in [-0.15, -0.1) is 0 Å². The lowest BCUT2D eigenvalue weighted by atomic mass is 10.2. The molecule has 0 heterocycles. The Kier molecular flexibility index (Phi) is 4.84. The van der Waals surface area contributed by atoms with Crippen molar-refractivity contribution in [2.75, 3.05) is 0 Å². The third kappa shape index (κ3) is 3.72. The predicted molar refractivity (Wildman–Crippen MR) is 62.3 cm³/mol. The standard InChI is InChI=1S/C11H13ClN2O/c1-2-3-8-13-14-11(15)9-6-4-5-7-10(9)12/h4-8H,2-3H2,1H3,(H,14,15)/b13-8-. The predicted octanol–water partition coefficient (Wildman–Crippen LogP) is 2.86. The summed E-state index contributed by atoms with van der Waals surface area (Å²) in [6, 6.07) is 6.87. The fourth-order valence-electron chi connectivity index (χ4n) is 1.00. The van der Waals surface area contributed by atoms with Crippen molar-refractivity contribution < 1.29 is 4.79 Å². The van der Waals surface area contributed by atoms with Gasteiger partial charge in [0.15, 0.2) is 0 Å². The number of carbonyl (C=O) groups is 1. The molecule has 1 rings (SSSR count). The molecule has 0 unspecified atom stereocenters. The first-order chi connectivity index (χ1) is 7.25. The minimum absolute atomic E-state index is 0.284. The zero-order valence-electron chi connectivity index (χ0n) is 8.53. The summed E-state index contributed by atoms with van der Waals surface area (Å²) in [5, 5.41) is 4.23. The maximum Gasteiger partial charge on any atom is 0.272 e. The van der Waals surface area contributed by atoms with E-state index in [0.29, 0.717) is 10.6 Å². The minimum atomic E-state index is -0.284. The SMILES string of the molecule is CCC/C=N\NC(=O)c1ccccc1Cl. The molecule has 0 spiro atoms. The Balaban J connectivity index is 2.58. The second kappa shape index (κ2) is 6.19. The van der Waals surface area contributed by atoms with E-state index in [1.807, 2.05) is 6.92 Å². The molecule has 0 radical (unpaired) electrons. The molecule has 1 amide bonds. The highest BCUT2D eigenvalue weighted by atomic mass is 35.5. The Hall–Kier alpha value is -1.35. The number of nitrogens with one attached hydrogen (secondary N) is 1. The summed E-state index contributed by atoms with van der Waals surface area (Å²) in [4.78, 5) is 11.5. The molecule has 0 aliphatic heterocycles. The Bertz CT molecular complexity index is 363. The number of hydrazone groups is 1. The molecule has 1 aromatic rings. The second-order valence-corrected chi connectivity index (χ2v) is 3.43. The highest BCUT2D eigenvalue weighted by molar-refractivity contribution is 6.33. The van der Waals surface area contributed by atoms with Gasteiger partial charge in [0.1, 0.15) is 0 Å². The summed E-state index contributed by atoms with van der Waals surface area (Å²) in [6.07, 6.45) is 3.53. The lowest BCUT2D eigenvalue weighted by molar-refractivity contribution is 0.0955. The molecule has 0 atom stereocenters. The van der Waals surface area contributed by atoms with E-state index in [-0.39, 0.29) is 5.91 Å². The molecule has 4 heteroatoms. The fraction of sp³-hybridized carbons (Fsp3) is 0.273. The molecule has 1 aromatic carbocycles. The van der Waals surface area contributed by atoms with E-state index >= 15 is 0 Å². The number of nitrogens with zero attached hydrogens (tertiary/aromatic N) is 1. The molecule has 0 saturated heterocycles. The van der Waals surface area contributed by atoms with Gasteiger partial charge in [0, 0.05) is 6.21 Å². The fourth-order valence-corrected chi connectivity index (χ4v) is 1.23. The van der Waals surface area contributed by atoms with Crippen LogP contribution in [-0.4, -0.2) is 12.1 Å². The van der Waals surface area contributed by atoms with Crippen molar-refractivity contribution in [1.82, 2.24) is 5.43 Å². The summed E-state index contributed by atoms with van der Waals surface area (Å²) in [6.45, 7) is 2.04. The number of rotatable bonds is 4. The third-order valence-corrected chi connectivity index (χ3v) is 2.12. The molecule has 15 heavy (non-hydrogen) atoms. The second-order valence-electron chi connectivity index (χ2n) is 3.02. The van der Waals surface area contributed by atoms with E-state index in [0.717, 1.165) is 12.8 Å². The summed E-state index contributed by atoms with van der Waals surface area (Å²) in [5.74, 6) is -0.284. The number of carbonyl (C=O) groups excluding carboxylic acids is 1. The first-order valence-electron chi connectivity index (χ1n) is 4.82. The highest BCUT2D eigenvalue weighted by Gasteiger charge is 2.07. The van der Waals surface area contributed by atoms with Gasteiger partial charge in [0.25, 0.3) is 5.91 Å². The van der Waals surface area contributed by atoms with E-state index in [1.165, 1.54) is 0 Å². The average molecular weight is 225 g/mol. The van der Waals surface area contributed by atoms with Gasteiger partial charge in [0.2, 0.25) is 0 Å². The van der Waals surface area contributed by atoms with Crippen LogP contribution in [0.5, 0.6) is 0 Å². The lowest BCUT2D eigenvalue weighted by Gasteiger charge is -2.01. The number of benzene rings is 1. The van der Waals surface area contributed by atoms with Crippen LogP contribution in [0.1, 0.15) is 30.1 Å². The molecular formula is C11H13ClN2O. The van der Waals surface area contributed by atoms with E-state index in [1.54, 1.807) is 30.5 Å². The zero-order valence-corrected chi connectivity index (χ0v) is 9.29. The van der Waals surface area contributed by atoms with Crippen molar-refractivity contribution in [3.8, 4) is 0 Å². The zero-order chi connectivity index (χ0) is 11.1. The maximum absolute atomic E-state index is 11.5. The van der Waals surface area contributed by atoms with Gasteiger partial charge in [-0.3, -0.25) is 4.79 Å². The van der Waals surface area contributed by atoms with Gasteiger partial charge in [-0.25, -0.2) is 5.43 Å². The smallest absolute Gasteiger partial charge is 0.267 e. The molecule has 0 aromatic heterocycles. The third-order valence-electron chi connectivity index (χ3n) is 1.79. The van der Waals surface area contributed by atoms with Crippen LogP contribution < -0.4 is 5.43 Å². The molecule has 0 bridgehead atoms. The van der Waals surface area contributed by atoms with E-state index in [9.17, 15) is 4.79 Å². The molecule has 1 N–H and O–H groups in total. The van der Waals surface area contributed by atoms with Gasteiger partial charge in [-0.05, 0) is 18.6 Å². The maximum atomic E-state index is 11.5. The van der Waals surface area contributed by atoms with Crippen molar-refractivity contribution in [3.63, 3.8) is 0 Å². The minimum Gasteiger partial charge on any atom is -0.267 e. The quantitative estimate of drug-likeness (QED) is 0.620. The summed E-state index contributed by atoms with van der Waals surface area (Å²) < 4.78 is 0. The molecule has 0 fully saturated rings.